The molecule has 2 aliphatic rings. The van der Waals surface area contributed by atoms with Crippen LogP contribution in [0.3, 0.4) is 0 Å². The molecule has 0 amide bonds. The number of ether oxygens (including phenoxy) is 2. The molecule has 0 unspecified atom stereocenters. The van der Waals surface area contributed by atoms with Crippen LogP contribution in [0.25, 0.3) is 0 Å². The number of allylic oxidation sites excluding steroid dienone is 2. The van der Waals surface area contributed by atoms with Crippen LogP contribution >= 0.6 is 23.2 Å². The summed E-state index contributed by atoms with van der Waals surface area (Å²) in [7, 11) is 3.07. The molecule has 0 saturated heterocycles. The number of hydrogen-bond donors (Lipinski definition) is 1. The van der Waals surface area contributed by atoms with E-state index in [-0.39, 0.29) is 0 Å². The molecule has 0 fully saturated rings. The summed E-state index contributed by atoms with van der Waals surface area (Å²) in [6.07, 6.45) is 4.87. The fourth-order valence-corrected chi connectivity index (χ4v) is 3.65. The Morgan fingerprint density at radius 2 is 2.17 bits per heavy atom. The average molecular weight is 446 g/mol. The largest absolute Gasteiger partial charge is 0.465 e. The highest BCUT2D eigenvalue weighted by Gasteiger charge is 2.27. The normalized spacial score (nSPS) is 15.7. The highest BCUT2D eigenvalue weighted by atomic mass is 35.5. The molecule has 1 N–H and O–H groups in total. The number of hydrazone groups is 1. The number of aromatic nitrogens is 2. The highest BCUT2D eigenvalue weighted by molar-refractivity contribution is 6.40. The Labute approximate surface area is 182 Å². The van der Waals surface area contributed by atoms with Gasteiger partial charge in [-0.15, -0.1) is 5.10 Å². The van der Waals surface area contributed by atoms with Gasteiger partial charge in [0.2, 0.25) is 11.8 Å². The summed E-state index contributed by atoms with van der Waals surface area (Å²) in [6, 6.07) is 6.83. The lowest BCUT2D eigenvalue weighted by atomic mass is 10.1. The van der Waals surface area contributed by atoms with Crippen LogP contribution in [0.5, 0.6) is 5.75 Å². The topological polar surface area (TPSA) is 88.9 Å². The summed E-state index contributed by atoms with van der Waals surface area (Å²) in [4.78, 5) is 20.5. The van der Waals surface area contributed by atoms with E-state index in [4.69, 9.17) is 32.7 Å². The molecule has 2 aromatic rings. The number of esters is 1. The van der Waals surface area contributed by atoms with Crippen molar-refractivity contribution in [1.29, 1.82) is 0 Å². The van der Waals surface area contributed by atoms with E-state index < -0.39 is 5.97 Å². The average Bonchev–Trinajstić information content (AvgIpc) is 2.74. The van der Waals surface area contributed by atoms with Gasteiger partial charge in [-0.1, -0.05) is 35.3 Å². The minimum atomic E-state index is -0.427. The molecule has 1 aliphatic heterocycles. The number of rotatable bonds is 4. The number of carbonyl (C=O) groups is 1. The minimum Gasteiger partial charge on any atom is -0.465 e. The van der Waals surface area contributed by atoms with Gasteiger partial charge >= 0.3 is 5.97 Å². The number of hydrogen-bond acceptors (Lipinski definition) is 8. The lowest BCUT2D eigenvalue weighted by Gasteiger charge is -2.25. The van der Waals surface area contributed by atoms with E-state index in [0.29, 0.717) is 56.7 Å². The van der Waals surface area contributed by atoms with E-state index in [1.165, 1.54) is 13.3 Å². The van der Waals surface area contributed by atoms with Crippen LogP contribution in [0.2, 0.25) is 0 Å². The van der Waals surface area contributed by atoms with Gasteiger partial charge in [-0.25, -0.2) is 14.8 Å². The first-order valence-corrected chi connectivity index (χ1v) is 9.79. The van der Waals surface area contributed by atoms with Crippen molar-refractivity contribution in [3.63, 3.8) is 0 Å². The Morgan fingerprint density at radius 3 is 2.93 bits per heavy atom. The molecule has 2 heterocycles. The second kappa shape index (κ2) is 8.33. The van der Waals surface area contributed by atoms with Crippen LogP contribution in [0, 0.1) is 0 Å². The number of anilines is 3. The number of fused-ring (bicyclic) bond motifs is 1. The Hall–Kier alpha value is -3.10. The molecule has 30 heavy (non-hydrogen) atoms. The van der Waals surface area contributed by atoms with Crippen molar-refractivity contribution >= 4 is 52.5 Å². The van der Waals surface area contributed by atoms with Gasteiger partial charge in [0.05, 0.1) is 29.5 Å². The molecule has 0 radical (unpaired) electrons. The maximum Gasteiger partial charge on any atom is 0.337 e. The van der Waals surface area contributed by atoms with Gasteiger partial charge in [0.25, 0.3) is 0 Å². The van der Waals surface area contributed by atoms with Gasteiger partial charge < -0.3 is 14.8 Å². The van der Waals surface area contributed by atoms with E-state index in [2.05, 4.69) is 20.4 Å². The second-order valence-electron chi connectivity index (χ2n) is 6.48. The van der Waals surface area contributed by atoms with Crippen molar-refractivity contribution in [3.8, 4) is 5.75 Å². The summed E-state index contributed by atoms with van der Waals surface area (Å²) in [6.45, 7) is 0. The SMILES string of the molecule is COC(=O)c1cccc(Nc2ncc3c(n2)N(C)N=C(C2=C(Cl)CCC=C2Cl)O3)c1. The maximum absolute atomic E-state index is 11.7. The summed E-state index contributed by atoms with van der Waals surface area (Å²) in [5, 5.41) is 10.2. The van der Waals surface area contributed by atoms with Crippen LogP contribution in [0.4, 0.5) is 17.5 Å². The van der Waals surface area contributed by atoms with Gasteiger partial charge in [-0.3, -0.25) is 0 Å². The van der Waals surface area contributed by atoms with Gasteiger partial charge in [-0.2, -0.15) is 4.98 Å². The zero-order chi connectivity index (χ0) is 21.3. The molecule has 1 aliphatic carbocycles. The van der Waals surface area contributed by atoms with E-state index in [0.717, 1.165) is 6.42 Å². The molecule has 0 atom stereocenters. The van der Waals surface area contributed by atoms with E-state index in [9.17, 15) is 4.79 Å². The Balaban J connectivity index is 1.59. The lowest BCUT2D eigenvalue weighted by Crippen LogP contribution is -2.27. The predicted molar refractivity (Wildman–Crippen MR) is 116 cm³/mol. The van der Waals surface area contributed by atoms with Crippen molar-refractivity contribution in [1.82, 2.24) is 9.97 Å². The number of halogens is 2. The number of nitrogens with zero attached hydrogens (tertiary/aromatic N) is 4. The number of carbonyl (C=O) groups excluding carboxylic acids is 1. The number of nitrogens with one attached hydrogen (secondary N) is 1. The molecule has 10 heteroatoms. The van der Waals surface area contributed by atoms with Crippen molar-refractivity contribution in [3.05, 3.63) is 57.7 Å². The van der Waals surface area contributed by atoms with E-state index >= 15 is 0 Å². The molecular formula is C20H17Cl2N5O3. The Bertz CT molecular complexity index is 1110. The monoisotopic (exact) mass is 445 g/mol. The second-order valence-corrected chi connectivity index (χ2v) is 7.34. The summed E-state index contributed by atoms with van der Waals surface area (Å²) in [5.41, 5.74) is 1.62. The Morgan fingerprint density at radius 1 is 1.33 bits per heavy atom. The molecule has 4 rings (SSSR count). The van der Waals surface area contributed by atoms with Crippen molar-refractivity contribution < 1.29 is 14.3 Å². The van der Waals surface area contributed by atoms with Gasteiger partial charge in [0.15, 0.2) is 11.6 Å². The van der Waals surface area contributed by atoms with Gasteiger partial charge in [-0.05, 0) is 31.0 Å². The molecule has 1 aromatic heterocycles. The highest BCUT2D eigenvalue weighted by Crippen LogP contribution is 2.36. The zero-order valence-electron chi connectivity index (χ0n) is 16.1. The smallest absolute Gasteiger partial charge is 0.337 e. The third-order valence-electron chi connectivity index (χ3n) is 4.44. The predicted octanol–water partition coefficient (Wildman–Crippen LogP) is 4.56. The molecule has 0 saturated carbocycles. The van der Waals surface area contributed by atoms with Crippen molar-refractivity contribution in [2.75, 3.05) is 24.5 Å². The van der Waals surface area contributed by atoms with Crippen LogP contribution in [0.15, 0.2) is 57.3 Å². The first-order chi connectivity index (χ1) is 14.5. The molecule has 0 spiro atoms. The molecule has 1 aromatic carbocycles. The molecule has 8 nitrogen and oxygen atoms in total. The van der Waals surface area contributed by atoms with E-state index in [1.54, 1.807) is 36.3 Å². The van der Waals surface area contributed by atoms with Crippen molar-refractivity contribution in [2.45, 2.75) is 12.8 Å². The zero-order valence-corrected chi connectivity index (χ0v) is 17.7. The van der Waals surface area contributed by atoms with Crippen molar-refractivity contribution in [2.24, 2.45) is 5.10 Å². The third kappa shape index (κ3) is 3.96. The summed E-state index contributed by atoms with van der Waals surface area (Å²) in [5.74, 6) is 1.07. The van der Waals surface area contributed by atoms with Crippen LogP contribution in [-0.4, -0.2) is 36.0 Å². The first kappa shape index (κ1) is 20.2. The summed E-state index contributed by atoms with van der Waals surface area (Å²) < 4.78 is 10.6. The van der Waals surface area contributed by atoms with Gasteiger partial charge in [0, 0.05) is 17.8 Å². The Kier molecular flexibility index (Phi) is 5.61. The third-order valence-corrected chi connectivity index (χ3v) is 5.16. The van der Waals surface area contributed by atoms with Crippen LogP contribution in [0.1, 0.15) is 23.2 Å². The molecule has 0 bridgehead atoms. The van der Waals surface area contributed by atoms with Crippen LogP contribution in [-0.2, 0) is 4.74 Å². The molecular weight excluding hydrogens is 429 g/mol. The fourth-order valence-electron chi connectivity index (χ4n) is 3.01. The fraction of sp³-hybridized carbons (Fsp3) is 0.200. The van der Waals surface area contributed by atoms with Crippen LogP contribution < -0.4 is 15.1 Å². The lowest BCUT2D eigenvalue weighted by molar-refractivity contribution is 0.0601. The molecule has 154 valence electrons. The quantitative estimate of drug-likeness (QED) is 0.689. The van der Waals surface area contributed by atoms with Gasteiger partial charge in [0.1, 0.15) is 0 Å². The maximum atomic E-state index is 11.7. The minimum absolute atomic E-state index is 0.297. The van der Waals surface area contributed by atoms with E-state index in [1.807, 2.05) is 6.08 Å². The first-order valence-electron chi connectivity index (χ1n) is 9.04. The number of benzene rings is 1. The standard InChI is InChI=1S/C20H17Cl2N5O3/c1-27-17-15(30-18(26-27)16-13(21)7-4-8-14(16)22)10-23-20(25-17)24-12-6-3-5-11(9-12)19(28)29-2/h3,5-7,9-10H,4,8H2,1-2H3,(H,23,24,25). The summed E-state index contributed by atoms with van der Waals surface area (Å²) >= 11 is 12.7. The number of methoxy groups -OCH3 is 1.